The molecule has 0 aliphatic rings. The summed E-state index contributed by atoms with van der Waals surface area (Å²) in [6, 6.07) is 3.77. The van der Waals surface area contributed by atoms with Gasteiger partial charge in [0.2, 0.25) is 0 Å². The van der Waals surface area contributed by atoms with E-state index in [1.54, 1.807) is 6.07 Å². The number of pyridine rings is 1. The molecule has 0 saturated carbocycles. The number of nitro groups is 1. The van der Waals surface area contributed by atoms with E-state index in [4.69, 9.17) is 5.26 Å². The zero-order valence-corrected chi connectivity index (χ0v) is 5.77. The van der Waals surface area contributed by atoms with Gasteiger partial charge in [0.1, 0.15) is 11.6 Å². The zero-order chi connectivity index (χ0) is 9.14. The molecular weight excluding hydrogens is 162 g/mol. The smallest absolute Gasteiger partial charge is 0.349 e. The average Bonchev–Trinajstić information content (AvgIpc) is 2.04. The molecule has 0 atom stereocenters. The molecule has 0 aliphatic carbocycles. The Labute approximate surface area is 66.2 Å². The van der Waals surface area contributed by atoms with Crippen LogP contribution < -0.4 is 5.56 Å². The summed E-state index contributed by atoms with van der Waals surface area (Å²) in [6.07, 6.45) is 0. The summed E-state index contributed by atoms with van der Waals surface area (Å²) >= 11 is 0. The monoisotopic (exact) mass is 165 g/mol. The Balaban J connectivity index is 3.31. The van der Waals surface area contributed by atoms with Gasteiger partial charge in [-0.25, -0.2) is 9.78 Å². The lowest BCUT2D eigenvalue weighted by molar-refractivity contribution is -0.389. The summed E-state index contributed by atoms with van der Waals surface area (Å²) in [4.78, 5) is 22.1. The summed E-state index contributed by atoms with van der Waals surface area (Å²) < 4.78 is 0. The van der Waals surface area contributed by atoms with Crippen molar-refractivity contribution in [2.24, 2.45) is 0 Å². The van der Waals surface area contributed by atoms with Gasteiger partial charge < -0.3 is 10.1 Å². The normalized spacial score (nSPS) is 8.92. The third-order valence-corrected chi connectivity index (χ3v) is 1.21. The fourth-order valence-corrected chi connectivity index (χ4v) is 0.658. The van der Waals surface area contributed by atoms with Crippen LogP contribution in [0.5, 0.6) is 0 Å². The molecule has 60 valence electrons. The molecule has 6 heteroatoms. The largest absolute Gasteiger partial charge is 0.358 e. The first-order valence-electron chi connectivity index (χ1n) is 2.93. The maximum Gasteiger partial charge on any atom is 0.349 e. The molecule has 0 radical (unpaired) electrons. The Bertz CT molecular complexity index is 415. The lowest BCUT2D eigenvalue weighted by Crippen LogP contribution is -2.11. The van der Waals surface area contributed by atoms with Crippen molar-refractivity contribution in [3.05, 3.63) is 38.2 Å². The Morgan fingerprint density at radius 2 is 2.25 bits per heavy atom. The third-order valence-electron chi connectivity index (χ3n) is 1.21. The minimum atomic E-state index is -0.744. The molecule has 1 aromatic rings. The van der Waals surface area contributed by atoms with Gasteiger partial charge in [-0.05, 0) is 11.0 Å². The number of aromatic amines is 1. The third kappa shape index (κ3) is 1.29. The maximum absolute atomic E-state index is 10.8. The highest BCUT2D eigenvalue weighted by molar-refractivity contribution is 5.30. The number of H-pyrrole nitrogens is 1. The molecule has 0 unspecified atom stereocenters. The molecule has 0 saturated heterocycles. The van der Waals surface area contributed by atoms with Gasteiger partial charge in [-0.2, -0.15) is 5.26 Å². The van der Waals surface area contributed by atoms with Crippen molar-refractivity contribution < 1.29 is 4.92 Å². The molecule has 1 rings (SSSR count). The topological polar surface area (TPSA) is 99.8 Å². The van der Waals surface area contributed by atoms with Crippen LogP contribution in [0.25, 0.3) is 0 Å². The van der Waals surface area contributed by atoms with Gasteiger partial charge in [-0.3, -0.25) is 0 Å². The van der Waals surface area contributed by atoms with Gasteiger partial charge in [-0.15, -0.1) is 0 Å². The maximum atomic E-state index is 10.8. The summed E-state index contributed by atoms with van der Waals surface area (Å²) in [5.74, 6) is -0.418. The van der Waals surface area contributed by atoms with Crippen molar-refractivity contribution in [2.75, 3.05) is 0 Å². The Kier molecular flexibility index (Phi) is 1.88. The van der Waals surface area contributed by atoms with E-state index in [2.05, 4.69) is 0 Å². The van der Waals surface area contributed by atoms with Gasteiger partial charge in [0, 0.05) is 6.07 Å². The molecule has 1 heterocycles. The van der Waals surface area contributed by atoms with Crippen LogP contribution >= 0.6 is 0 Å². The molecule has 1 aromatic heterocycles. The number of nitriles is 1. The van der Waals surface area contributed by atoms with Crippen LogP contribution in [0.1, 0.15) is 5.56 Å². The molecule has 0 amide bonds. The van der Waals surface area contributed by atoms with Crippen LogP contribution in [0.15, 0.2) is 16.9 Å². The number of nitrogens with zero attached hydrogens (tertiary/aromatic N) is 2. The number of rotatable bonds is 1. The summed E-state index contributed by atoms with van der Waals surface area (Å²) in [5, 5.41) is 18.4. The predicted octanol–water partition coefficient (Wildman–Crippen LogP) is 0.155. The number of nitrogens with one attached hydrogen (secondary N) is 1. The van der Waals surface area contributed by atoms with E-state index in [9.17, 15) is 14.9 Å². The van der Waals surface area contributed by atoms with E-state index in [1.165, 1.54) is 0 Å². The van der Waals surface area contributed by atoms with Crippen molar-refractivity contribution in [3.63, 3.8) is 0 Å². The molecule has 0 bridgehead atoms. The molecule has 0 fully saturated rings. The fraction of sp³-hybridized carbons (Fsp3) is 0. The summed E-state index contributed by atoms with van der Waals surface area (Å²) in [7, 11) is 0. The van der Waals surface area contributed by atoms with E-state index in [0.29, 0.717) is 0 Å². The number of aromatic nitrogens is 1. The summed E-state index contributed by atoms with van der Waals surface area (Å²) in [6.45, 7) is 0. The molecule has 12 heavy (non-hydrogen) atoms. The van der Waals surface area contributed by atoms with E-state index in [0.717, 1.165) is 12.1 Å². The second-order valence-electron chi connectivity index (χ2n) is 1.96. The van der Waals surface area contributed by atoms with E-state index >= 15 is 0 Å². The van der Waals surface area contributed by atoms with Crippen molar-refractivity contribution in [3.8, 4) is 6.07 Å². The van der Waals surface area contributed by atoms with Crippen LogP contribution in [-0.2, 0) is 0 Å². The van der Waals surface area contributed by atoms with Crippen LogP contribution in [-0.4, -0.2) is 9.91 Å². The van der Waals surface area contributed by atoms with Crippen molar-refractivity contribution in [1.29, 1.82) is 5.26 Å². The fourth-order valence-electron chi connectivity index (χ4n) is 0.658. The van der Waals surface area contributed by atoms with Gasteiger partial charge >= 0.3 is 11.4 Å². The van der Waals surface area contributed by atoms with Crippen molar-refractivity contribution >= 4 is 5.82 Å². The first kappa shape index (κ1) is 7.94. The van der Waals surface area contributed by atoms with Gasteiger partial charge in [0.05, 0.1) is 0 Å². The van der Waals surface area contributed by atoms with Gasteiger partial charge in [0.25, 0.3) is 0 Å². The van der Waals surface area contributed by atoms with Crippen molar-refractivity contribution in [1.82, 2.24) is 4.98 Å². The first-order chi connectivity index (χ1) is 5.65. The second-order valence-corrected chi connectivity index (χ2v) is 1.96. The van der Waals surface area contributed by atoms with Crippen LogP contribution in [0.2, 0.25) is 0 Å². The van der Waals surface area contributed by atoms with Gasteiger partial charge in [0.15, 0.2) is 0 Å². The Hall–Kier alpha value is -2.16. The van der Waals surface area contributed by atoms with Crippen LogP contribution in [0.4, 0.5) is 5.82 Å². The van der Waals surface area contributed by atoms with E-state index in [1.807, 2.05) is 4.98 Å². The molecule has 0 spiro atoms. The highest BCUT2D eigenvalue weighted by Gasteiger charge is 2.06. The molecule has 0 aromatic carbocycles. The number of hydrogen-bond acceptors (Lipinski definition) is 4. The lowest BCUT2D eigenvalue weighted by atomic mass is 10.3. The molecule has 0 aliphatic heterocycles. The number of hydrogen-bond donors (Lipinski definition) is 1. The highest BCUT2D eigenvalue weighted by Crippen LogP contribution is 2.02. The minimum Gasteiger partial charge on any atom is -0.358 e. The van der Waals surface area contributed by atoms with Crippen molar-refractivity contribution in [2.45, 2.75) is 0 Å². The molecule has 6 nitrogen and oxygen atoms in total. The van der Waals surface area contributed by atoms with E-state index in [-0.39, 0.29) is 5.56 Å². The second kappa shape index (κ2) is 2.84. The highest BCUT2D eigenvalue weighted by atomic mass is 16.6. The predicted molar refractivity (Wildman–Crippen MR) is 38.4 cm³/mol. The van der Waals surface area contributed by atoms with Gasteiger partial charge in [-0.1, -0.05) is 0 Å². The summed E-state index contributed by atoms with van der Waals surface area (Å²) in [5.41, 5.74) is -0.882. The first-order valence-corrected chi connectivity index (χ1v) is 2.93. The molecular formula is C6H3N3O3. The molecule has 1 N–H and O–H groups in total. The zero-order valence-electron chi connectivity index (χ0n) is 5.77. The quantitative estimate of drug-likeness (QED) is 0.472. The van der Waals surface area contributed by atoms with Crippen LogP contribution in [0, 0.1) is 21.4 Å². The van der Waals surface area contributed by atoms with E-state index < -0.39 is 16.3 Å². The Morgan fingerprint density at radius 3 is 2.67 bits per heavy atom. The average molecular weight is 165 g/mol. The van der Waals surface area contributed by atoms with Crippen LogP contribution in [0.3, 0.4) is 0 Å². The SMILES string of the molecule is N#Cc1ccc([N+](=O)[O-])[nH]c1=O. The lowest BCUT2D eigenvalue weighted by Gasteiger charge is -1.91. The standard InChI is InChI=1S/C6H3N3O3/c7-3-4-1-2-5(9(11)12)8-6(4)10/h1-2H,(H,8,10). The Morgan fingerprint density at radius 1 is 1.58 bits per heavy atom. The minimum absolute atomic E-state index is 0.138.